The second-order valence-electron chi connectivity index (χ2n) is 6.04. The van der Waals surface area contributed by atoms with Crippen molar-refractivity contribution in [3.8, 4) is 0 Å². The van der Waals surface area contributed by atoms with E-state index in [9.17, 15) is 13.2 Å². The van der Waals surface area contributed by atoms with Crippen LogP contribution in [0.1, 0.15) is 12.0 Å². The molecule has 0 aromatic carbocycles. The molecule has 2 atom stereocenters. The molecule has 1 aromatic heterocycles. The fourth-order valence-corrected chi connectivity index (χ4v) is 4.02. The minimum atomic E-state index is -3.25. The van der Waals surface area contributed by atoms with Crippen LogP contribution in [0.25, 0.3) is 0 Å². The van der Waals surface area contributed by atoms with Gasteiger partial charge in [-0.25, -0.2) is 8.42 Å². The molecule has 0 spiro atoms. The Hall–Kier alpha value is -1.51. The number of fused-ring (bicyclic) bond motifs is 1. The van der Waals surface area contributed by atoms with Crippen LogP contribution in [-0.2, 0) is 26.1 Å². The van der Waals surface area contributed by atoms with E-state index in [-0.39, 0.29) is 24.5 Å². The molecule has 0 saturated carbocycles. The van der Waals surface area contributed by atoms with Gasteiger partial charge in [0.1, 0.15) is 0 Å². The maximum atomic E-state index is 12.8. The van der Waals surface area contributed by atoms with Crippen LogP contribution in [0, 0.1) is 5.92 Å². The summed E-state index contributed by atoms with van der Waals surface area (Å²) in [6, 6.07) is 3.78. The van der Waals surface area contributed by atoms with Crippen LogP contribution in [0.2, 0.25) is 0 Å². The van der Waals surface area contributed by atoms with Crippen LogP contribution < -0.4 is 0 Å². The molecule has 3 rings (SSSR count). The molecule has 0 aliphatic carbocycles. The zero-order valence-electron chi connectivity index (χ0n) is 13.1. The molecule has 3 heterocycles. The number of amides is 1. The maximum Gasteiger partial charge on any atom is 0.228 e. The lowest BCUT2D eigenvalue weighted by atomic mass is 9.93. The number of carbonyl (C=O) groups is 1. The first-order chi connectivity index (χ1) is 10.9. The van der Waals surface area contributed by atoms with E-state index in [1.54, 1.807) is 17.3 Å². The predicted octanol–water partition coefficient (Wildman–Crippen LogP) is 0.0905. The van der Waals surface area contributed by atoms with Crippen molar-refractivity contribution in [2.45, 2.75) is 19.1 Å². The predicted molar refractivity (Wildman–Crippen MR) is 83.9 cm³/mol. The van der Waals surface area contributed by atoms with Gasteiger partial charge < -0.3 is 9.64 Å². The highest BCUT2D eigenvalue weighted by Crippen LogP contribution is 2.27. The zero-order chi connectivity index (χ0) is 16.4. The van der Waals surface area contributed by atoms with Gasteiger partial charge in [0.15, 0.2) is 0 Å². The smallest absolute Gasteiger partial charge is 0.228 e. The SMILES string of the molecule is CS(=O)(=O)N1CC[C@H]2C(=O)N(Cc3ccncc3)CCO[C@H]2C1. The van der Waals surface area contributed by atoms with E-state index in [1.165, 1.54) is 10.6 Å². The van der Waals surface area contributed by atoms with Crippen LogP contribution in [0.15, 0.2) is 24.5 Å². The van der Waals surface area contributed by atoms with Gasteiger partial charge in [0.2, 0.25) is 15.9 Å². The van der Waals surface area contributed by atoms with Gasteiger partial charge in [-0.3, -0.25) is 9.78 Å². The summed E-state index contributed by atoms with van der Waals surface area (Å²) in [5.74, 6) is -0.213. The number of piperidine rings is 1. The molecular weight excluding hydrogens is 318 g/mol. The van der Waals surface area contributed by atoms with Crippen molar-refractivity contribution in [3.63, 3.8) is 0 Å². The van der Waals surface area contributed by atoms with Gasteiger partial charge in [-0.15, -0.1) is 0 Å². The standard InChI is InChI=1S/C15H21N3O4S/c1-23(20,21)18-7-4-13-14(11-18)22-9-8-17(15(13)19)10-12-2-5-16-6-3-12/h2-3,5-6,13-14H,4,7-11H2,1H3/t13-,14+/m1/s1. The summed E-state index contributed by atoms with van der Waals surface area (Å²) in [5, 5.41) is 0. The first-order valence-electron chi connectivity index (χ1n) is 7.69. The maximum absolute atomic E-state index is 12.8. The van der Waals surface area contributed by atoms with Gasteiger partial charge in [-0.1, -0.05) is 0 Å². The fourth-order valence-electron chi connectivity index (χ4n) is 3.17. The highest BCUT2D eigenvalue weighted by atomic mass is 32.2. The third kappa shape index (κ3) is 3.70. The normalized spacial score (nSPS) is 26.7. The lowest BCUT2D eigenvalue weighted by molar-refractivity contribution is -0.138. The number of carbonyl (C=O) groups excluding carboxylic acids is 1. The Morgan fingerprint density at radius 2 is 2.04 bits per heavy atom. The molecule has 0 bridgehead atoms. The first-order valence-corrected chi connectivity index (χ1v) is 9.54. The molecule has 0 N–H and O–H groups in total. The second kappa shape index (κ2) is 6.54. The van der Waals surface area contributed by atoms with E-state index >= 15 is 0 Å². The fraction of sp³-hybridized carbons (Fsp3) is 0.600. The Bertz CT molecular complexity index is 665. The summed E-state index contributed by atoms with van der Waals surface area (Å²) < 4.78 is 30.6. The highest BCUT2D eigenvalue weighted by molar-refractivity contribution is 7.88. The summed E-state index contributed by atoms with van der Waals surface area (Å²) >= 11 is 0. The van der Waals surface area contributed by atoms with Crippen LogP contribution in [0.3, 0.4) is 0 Å². The number of hydrogen-bond acceptors (Lipinski definition) is 5. The lowest BCUT2D eigenvalue weighted by Gasteiger charge is -2.35. The molecule has 8 heteroatoms. The van der Waals surface area contributed by atoms with Crippen molar-refractivity contribution in [1.29, 1.82) is 0 Å². The molecular formula is C15H21N3O4S. The van der Waals surface area contributed by atoms with Crippen LogP contribution in [0.5, 0.6) is 0 Å². The highest BCUT2D eigenvalue weighted by Gasteiger charge is 2.41. The molecule has 0 unspecified atom stereocenters. The van der Waals surface area contributed by atoms with Crippen LogP contribution in [-0.4, -0.2) is 67.1 Å². The molecule has 126 valence electrons. The van der Waals surface area contributed by atoms with Gasteiger partial charge in [0, 0.05) is 38.6 Å². The van der Waals surface area contributed by atoms with E-state index in [1.807, 2.05) is 12.1 Å². The molecule has 0 radical (unpaired) electrons. The van der Waals surface area contributed by atoms with Crippen molar-refractivity contribution in [2.24, 2.45) is 5.92 Å². The number of hydrogen-bond donors (Lipinski definition) is 0. The number of sulfonamides is 1. The van der Waals surface area contributed by atoms with Crippen LogP contribution in [0.4, 0.5) is 0 Å². The Morgan fingerprint density at radius 1 is 1.30 bits per heavy atom. The van der Waals surface area contributed by atoms with E-state index in [2.05, 4.69) is 4.98 Å². The topological polar surface area (TPSA) is 79.8 Å². The molecule has 1 aromatic rings. The van der Waals surface area contributed by atoms with Crippen molar-refractivity contribution >= 4 is 15.9 Å². The van der Waals surface area contributed by atoms with Crippen molar-refractivity contribution in [1.82, 2.24) is 14.2 Å². The molecule has 2 saturated heterocycles. The summed E-state index contributed by atoms with van der Waals surface area (Å²) in [5.41, 5.74) is 1.03. The van der Waals surface area contributed by atoms with Crippen LogP contribution >= 0.6 is 0 Å². The van der Waals surface area contributed by atoms with Crippen molar-refractivity contribution < 1.29 is 17.9 Å². The van der Waals surface area contributed by atoms with Crippen molar-refractivity contribution in [3.05, 3.63) is 30.1 Å². The zero-order valence-corrected chi connectivity index (χ0v) is 13.9. The molecule has 7 nitrogen and oxygen atoms in total. The van der Waals surface area contributed by atoms with Gasteiger partial charge >= 0.3 is 0 Å². The Kier molecular flexibility index (Phi) is 4.65. The minimum Gasteiger partial charge on any atom is -0.374 e. The quantitative estimate of drug-likeness (QED) is 0.780. The number of rotatable bonds is 3. The molecule has 2 aliphatic rings. The van der Waals surface area contributed by atoms with E-state index in [0.29, 0.717) is 32.7 Å². The number of pyridine rings is 1. The Labute approximate surface area is 136 Å². The number of nitrogens with zero attached hydrogens (tertiary/aromatic N) is 3. The van der Waals surface area contributed by atoms with Crippen molar-refractivity contribution in [2.75, 3.05) is 32.5 Å². The second-order valence-corrected chi connectivity index (χ2v) is 8.02. The van der Waals surface area contributed by atoms with Gasteiger partial charge in [-0.05, 0) is 24.1 Å². The third-order valence-electron chi connectivity index (χ3n) is 4.44. The average Bonchev–Trinajstić information content (AvgIpc) is 2.67. The molecule has 23 heavy (non-hydrogen) atoms. The monoisotopic (exact) mass is 339 g/mol. The average molecular weight is 339 g/mol. The minimum absolute atomic E-state index is 0.0532. The van der Waals surface area contributed by atoms with E-state index < -0.39 is 10.0 Å². The van der Waals surface area contributed by atoms with E-state index in [4.69, 9.17) is 4.74 Å². The molecule has 2 fully saturated rings. The summed E-state index contributed by atoms with van der Waals surface area (Å²) in [6.07, 6.45) is 4.77. The molecule has 1 amide bonds. The summed E-state index contributed by atoms with van der Waals surface area (Å²) in [6.45, 7) is 2.11. The lowest BCUT2D eigenvalue weighted by Crippen LogP contribution is -2.50. The molecule has 2 aliphatic heterocycles. The third-order valence-corrected chi connectivity index (χ3v) is 5.71. The summed E-state index contributed by atoms with van der Waals surface area (Å²) in [4.78, 5) is 18.6. The summed E-state index contributed by atoms with van der Waals surface area (Å²) in [7, 11) is -3.25. The van der Waals surface area contributed by atoms with Gasteiger partial charge in [0.05, 0.1) is 24.9 Å². The van der Waals surface area contributed by atoms with E-state index in [0.717, 1.165) is 5.56 Å². The Balaban J connectivity index is 1.72. The number of ether oxygens (including phenoxy) is 1. The van der Waals surface area contributed by atoms with Gasteiger partial charge in [-0.2, -0.15) is 4.31 Å². The van der Waals surface area contributed by atoms with Gasteiger partial charge in [0.25, 0.3) is 0 Å². The Morgan fingerprint density at radius 3 is 2.74 bits per heavy atom. The number of aromatic nitrogens is 1. The largest absolute Gasteiger partial charge is 0.374 e. The first kappa shape index (κ1) is 16.4.